The standard InChI is InChI=1S/C15H23N3O2S/c1-20-12-4-7-16-15(21)18-10-8-17(9-11-18)13-5-2-3-6-14(13)19/h2-3,5-6,19H,4,7-12H2,1H3,(H,16,21). The lowest BCUT2D eigenvalue weighted by atomic mass is 10.2. The molecule has 0 spiro atoms. The minimum absolute atomic E-state index is 0.339. The van der Waals surface area contributed by atoms with E-state index >= 15 is 0 Å². The summed E-state index contributed by atoms with van der Waals surface area (Å²) in [6, 6.07) is 7.47. The van der Waals surface area contributed by atoms with Gasteiger partial charge < -0.3 is 25.0 Å². The summed E-state index contributed by atoms with van der Waals surface area (Å²) in [4.78, 5) is 4.37. The topological polar surface area (TPSA) is 48.0 Å². The van der Waals surface area contributed by atoms with Crippen molar-refractivity contribution in [3.63, 3.8) is 0 Å². The number of para-hydroxylation sites is 2. The number of methoxy groups -OCH3 is 1. The van der Waals surface area contributed by atoms with Crippen molar-refractivity contribution in [2.75, 3.05) is 51.3 Å². The van der Waals surface area contributed by atoms with E-state index in [9.17, 15) is 5.11 Å². The third-order valence-corrected chi connectivity index (χ3v) is 3.99. The fraction of sp³-hybridized carbons (Fsp3) is 0.533. The third-order valence-electron chi connectivity index (χ3n) is 3.59. The monoisotopic (exact) mass is 309 g/mol. The van der Waals surface area contributed by atoms with Gasteiger partial charge in [0.15, 0.2) is 5.11 Å². The second-order valence-electron chi connectivity index (χ2n) is 5.04. The molecule has 5 nitrogen and oxygen atoms in total. The Morgan fingerprint density at radius 1 is 1.29 bits per heavy atom. The van der Waals surface area contributed by atoms with Gasteiger partial charge in [-0.3, -0.25) is 0 Å². The van der Waals surface area contributed by atoms with Gasteiger partial charge in [-0.1, -0.05) is 12.1 Å². The second kappa shape index (κ2) is 8.05. The molecule has 6 heteroatoms. The van der Waals surface area contributed by atoms with E-state index in [4.69, 9.17) is 17.0 Å². The number of hydrogen-bond acceptors (Lipinski definition) is 4. The minimum Gasteiger partial charge on any atom is -0.506 e. The fourth-order valence-electron chi connectivity index (χ4n) is 2.41. The van der Waals surface area contributed by atoms with Crippen molar-refractivity contribution in [1.29, 1.82) is 0 Å². The number of rotatable bonds is 5. The van der Waals surface area contributed by atoms with E-state index in [1.807, 2.05) is 18.2 Å². The fourth-order valence-corrected chi connectivity index (χ4v) is 2.69. The molecule has 0 saturated carbocycles. The number of phenols is 1. The summed E-state index contributed by atoms with van der Waals surface area (Å²) in [6.45, 7) is 5.03. The zero-order valence-corrected chi connectivity index (χ0v) is 13.2. The van der Waals surface area contributed by atoms with E-state index in [2.05, 4.69) is 15.1 Å². The third kappa shape index (κ3) is 4.47. The van der Waals surface area contributed by atoms with Gasteiger partial charge in [0.2, 0.25) is 0 Å². The molecule has 1 aromatic rings. The predicted octanol–water partition coefficient (Wildman–Crippen LogP) is 1.43. The number of piperazine rings is 1. The molecular weight excluding hydrogens is 286 g/mol. The lowest BCUT2D eigenvalue weighted by molar-refractivity contribution is 0.195. The molecule has 0 radical (unpaired) electrons. The number of aromatic hydroxyl groups is 1. The van der Waals surface area contributed by atoms with Crippen LogP contribution in [0.2, 0.25) is 0 Å². The van der Waals surface area contributed by atoms with Gasteiger partial charge in [0, 0.05) is 46.4 Å². The van der Waals surface area contributed by atoms with Gasteiger partial charge in [-0.05, 0) is 30.8 Å². The normalized spacial score (nSPS) is 15.1. The number of hydrogen-bond donors (Lipinski definition) is 2. The van der Waals surface area contributed by atoms with Gasteiger partial charge in [-0.2, -0.15) is 0 Å². The van der Waals surface area contributed by atoms with Gasteiger partial charge in [-0.25, -0.2) is 0 Å². The summed E-state index contributed by atoms with van der Waals surface area (Å²) >= 11 is 5.41. The molecule has 2 N–H and O–H groups in total. The minimum atomic E-state index is 0.339. The van der Waals surface area contributed by atoms with E-state index in [0.29, 0.717) is 5.75 Å². The smallest absolute Gasteiger partial charge is 0.169 e. The zero-order chi connectivity index (χ0) is 15.1. The molecule has 0 aliphatic carbocycles. The number of ether oxygens (including phenoxy) is 1. The number of nitrogens with one attached hydrogen (secondary N) is 1. The van der Waals surface area contributed by atoms with Gasteiger partial charge in [-0.15, -0.1) is 0 Å². The summed E-state index contributed by atoms with van der Waals surface area (Å²) in [5.41, 5.74) is 0.899. The maximum absolute atomic E-state index is 9.90. The maximum Gasteiger partial charge on any atom is 0.169 e. The number of thiocarbonyl (C=S) groups is 1. The van der Waals surface area contributed by atoms with E-state index in [1.165, 1.54) is 0 Å². The van der Waals surface area contributed by atoms with Crippen molar-refractivity contribution >= 4 is 23.0 Å². The van der Waals surface area contributed by atoms with E-state index in [-0.39, 0.29) is 0 Å². The molecule has 2 rings (SSSR count). The van der Waals surface area contributed by atoms with Gasteiger partial charge in [0.05, 0.1) is 5.69 Å². The van der Waals surface area contributed by atoms with Gasteiger partial charge in [0.1, 0.15) is 5.75 Å². The van der Waals surface area contributed by atoms with Crippen LogP contribution in [0.4, 0.5) is 5.69 Å². The Morgan fingerprint density at radius 3 is 2.67 bits per heavy atom. The molecule has 1 aromatic carbocycles. The van der Waals surface area contributed by atoms with Crippen LogP contribution in [0.1, 0.15) is 6.42 Å². The molecule has 0 unspecified atom stereocenters. The van der Waals surface area contributed by atoms with E-state index in [1.54, 1.807) is 13.2 Å². The molecule has 116 valence electrons. The highest BCUT2D eigenvalue weighted by Gasteiger charge is 2.20. The van der Waals surface area contributed by atoms with Crippen LogP contribution >= 0.6 is 12.2 Å². The SMILES string of the molecule is COCCCNC(=S)N1CCN(c2ccccc2O)CC1. The van der Waals surface area contributed by atoms with Crippen LogP contribution in [0.3, 0.4) is 0 Å². The highest BCUT2D eigenvalue weighted by Crippen LogP contribution is 2.27. The summed E-state index contributed by atoms with van der Waals surface area (Å²) in [5.74, 6) is 0.339. The summed E-state index contributed by atoms with van der Waals surface area (Å²) in [7, 11) is 1.70. The van der Waals surface area contributed by atoms with Crippen LogP contribution < -0.4 is 10.2 Å². The second-order valence-corrected chi connectivity index (χ2v) is 5.43. The molecule has 0 bridgehead atoms. The molecule has 1 aliphatic rings. The maximum atomic E-state index is 9.90. The average Bonchev–Trinajstić information content (AvgIpc) is 2.52. The number of anilines is 1. The van der Waals surface area contributed by atoms with Crippen molar-refractivity contribution in [3.05, 3.63) is 24.3 Å². The first-order valence-corrected chi connectivity index (χ1v) is 7.68. The predicted molar refractivity (Wildman–Crippen MR) is 89.0 cm³/mol. The van der Waals surface area contributed by atoms with Crippen molar-refractivity contribution in [3.8, 4) is 5.75 Å². The molecule has 0 aromatic heterocycles. The van der Waals surface area contributed by atoms with Crippen LogP contribution in [0.25, 0.3) is 0 Å². The van der Waals surface area contributed by atoms with Crippen molar-refractivity contribution in [2.45, 2.75) is 6.42 Å². The van der Waals surface area contributed by atoms with Crippen molar-refractivity contribution < 1.29 is 9.84 Å². The zero-order valence-electron chi connectivity index (χ0n) is 12.4. The first kappa shape index (κ1) is 15.9. The Morgan fingerprint density at radius 2 is 2.00 bits per heavy atom. The van der Waals surface area contributed by atoms with Crippen molar-refractivity contribution in [1.82, 2.24) is 10.2 Å². The molecule has 0 amide bonds. The Labute approximate surface area is 131 Å². The number of nitrogens with zero attached hydrogens (tertiary/aromatic N) is 2. The van der Waals surface area contributed by atoms with Crippen LogP contribution in [0.5, 0.6) is 5.75 Å². The Kier molecular flexibility index (Phi) is 6.07. The Balaban J connectivity index is 1.78. The van der Waals surface area contributed by atoms with E-state index in [0.717, 1.165) is 56.6 Å². The largest absolute Gasteiger partial charge is 0.506 e. The van der Waals surface area contributed by atoms with Crippen LogP contribution in [-0.2, 0) is 4.74 Å². The molecule has 1 fully saturated rings. The highest BCUT2D eigenvalue weighted by molar-refractivity contribution is 7.80. The summed E-state index contributed by atoms with van der Waals surface area (Å²) in [6.07, 6.45) is 0.953. The van der Waals surface area contributed by atoms with Crippen LogP contribution in [-0.4, -0.2) is 61.6 Å². The molecule has 21 heavy (non-hydrogen) atoms. The highest BCUT2D eigenvalue weighted by atomic mass is 32.1. The van der Waals surface area contributed by atoms with Gasteiger partial charge >= 0.3 is 0 Å². The lowest BCUT2D eigenvalue weighted by Gasteiger charge is -2.37. The molecule has 1 aliphatic heterocycles. The molecule has 1 heterocycles. The van der Waals surface area contributed by atoms with Crippen LogP contribution in [0, 0.1) is 0 Å². The summed E-state index contributed by atoms with van der Waals surface area (Å²) < 4.78 is 5.02. The first-order chi connectivity index (χ1) is 10.2. The van der Waals surface area contributed by atoms with Crippen LogP contribution in [0.15, 0.2) is 24.3 Å². The van der Waals surface area contributed by atoms with Gasteiger partial charge in [0.25, 0.3) is 0 Å². The summed E-state index contributed by atoms with van der Waals surface area (Å²) in [5, 5.41) is 14.0. The van der Waals surface area contributed by atoms with E-state index < -0.39 is 0 Å². The quantitative estimate of drug-likeness (QED) is 0.634. The number of phenolic OH excluding ortho intramolecular Hbond substituents is 1. The average molecular weight is 309 g/mol. The molecule has 1 saturated heterocycles. The Bertz CT molecular complexity index is 462. The first-order valence-electron chi connectivity index (χ1n) is 7.27. The Hall–Kier alpha value is -1.53. The van der Waals surface area contributed by atoms with Crippen molar-refractivity contribution in [2.24, 2.45) is 0 Å². The molecular formula is C15H23N3O2S. The lowest BCUT2D eigenvalue weighted by Crippen LogP contribution is -2.52. The number of benzene rings is 1. The molecule has 0 atom stereocenters.